The molecule has 1 aliphatic rings. The van der Waals surface area contributed by atoms with Crippen LogP contribution in [0.5, 0.6) is 5.75 Å². The van der Waals surface area contributed by atoms with E-state index in [-0.39, 0.29) is 11.7 Å². The van der Waals surface area contributed by atoms with Crippen LogP contribution in [0.15, 0.2) is 46.0 Å². The third kappa shape index (κ3) is 3.68. The van der Waals surface area contributed by atoms with Crippen molar-refractivity contribution in [3.8, 4) is 5.75 Å². The highest BCUT2D eigenvalue weighted by molar-refractivity contribution is 5.74. The van der Waals surface area contributed by atoms with Gasteiger partial charge in [0, 0.05) is 33.7 Å². The Labute approximate surface area is 167 Å². The normalized spacial score (nSPS) is 17.6. The lowest BCUT2D eigenvalue weighted by Crippen LogP contribution is -2.39. The molecular weight excluding hydrogens is 372 g/mol. The van der Waals surface area contributed by atoms with E-state index in [2.05, 4.69) is 22.0 Å². The van der Waals surface area contributed by atoms with Crippen molar-refractivity contribution in [2.24, 2.45) is 14.1 Å². The summed E-state index contributed by atoms with van der Waals surface area (Å²) in [7, 11) is 4.75. The Morgan fingerprint density at radius 3 is 2.59 bits per heavy atom. The quantitative estimate of drug-likeness (QED) is 0.660. The molecule has 3 aromatic rings. The van der Waals surface area contributed by atoms with Gasteiger partial charge < -0.3 is 9.47 Å². The first-order valence-electron chi connectivity index (χ1n) is 9.51. The molecule has 29 heavy (non-hydrogen) atoms. The molecule has 4 rings (SSSR count). The molecule has 2 aromatic heterocycles. The minimum atomic E-state index is -0.391. The number of rotatable bonds is 4. The van der Waals surface area contributed by atoms with Gasteiger partial charge >= 0.3 is 5.69 Å². The smallest absolute Gasteiger partial charge is 0.332 e. The van der Waals surface area contributed by atoms with E-state index in [1.807, 2.05) is 18.2 Å². The van der Waals surface area contributed by atoms with Crippen LogP contribution in [-0.2, 0) is 25.4 Å². The summed E-state index contributed by atoms with van der Waals surface area (Å²) >= 11 is 0. The number of methoxy groups -OCH3 is 1. The molecule has 1 aromatic carbocycles. The number of aromatic nitrogens is 3. The van der Waals surface area contributed by atoms with Crippen molar-refractivity contribution in [2.45, 2.75) is 12.6 Å². The minimum Gasteiger partial charge on any atom is -0.497 e. The Balaban J connectivity index is 1.58. The molecule has 0 N–H and O–H groups in total. The molecule has 0 unspecified atom stereocenters. The largest absolute Gasteiger partial charge is 0.497 e. The zero-order valence-electron chi connectivity index (χ0n) is 16.8. The molecule has 8 heteroatoms. The summed E-state index contributed by atoms with van der Waals surface area (Å²) in [6.45, 7) is 2.91. The maximum Gasteiger partial charge on any atom is 0.332 e. The summed E-state index contributed by atoms with van der Waals surface area (Å²) in [5, 5.41) is 0.421. The van der Waals surface area contributed by atoms with E-state index in [4.69, 9.17) is 9.47 Å². The lowest BCUT2D eigenvalue weighted by Gasteiger charge is -2.32. The van der Waals surface area contributed by atoms with Gasteiger partial charge in [0.1, 0.15) is 17.5 Å². The molecule has 0 aliphatic carbocycles. The summed E-state index contributed by atoms with van der Waals surface area (Å²) in [6, 6.07) is 11.6. The van der Waals surface area contributed by atoms with E-state index in [1.54, 1.807) is 20.2 Å². The number of benzene rings is 1. The van der Waals surface area contributed by atoms with E-state index in [0.717, 1.165) is 29.1 Å². The Bertz CT molecular complexity index is 1150. The molecule has 0 bridgehead atoms. The fourth-order valence-corrected chi connectivity index (χ4v) is 3.66. The first kappa shape index (κ1) is 19.4. The highest BCUT2D eigenvalue weighted by Crippen LogP contribution is 2.23. The van der Waals surface area contributed by atoms with Crippen LogP contribution in [-0.4, -0.2) is 45.8 Å². The van der Waals surface area contributed by atoms with Gasteiger partial charge in [0.15, 0.2) is 0 Å². The topological polar surface area (TPSA) is 78.6 Å². The molecule has 8 nitrogen and oxygen atoms in total. The van der Waals surface area contributed by atoms with Crippen molar-refractivity contribution >= 4 is 11.0 Å². The fraction of sp³-hybridized carbons (Fsp3) is 0.381. The molecule has 1 fully saturated rings. The number of aryl methyl sites for hydroxylation is 1. The van der Waals surface area contributed by atoms with Gasteiger partial charge in [0.25, 0.3) is 5.56 Å². The molecule has 0 spiro atoms. The van der Waals surface area contributed by atoms with Gasteiger partial charge in [-0.2, -0.15) is 0 Å². The summed E-state index contributed by atoms with van der Waals surface area (Å²) in [6.07, 6.45) is -0.217. The van der Waals surface area contributed by atoms with Crippen LogP contribution in [0.3, 0.4) is 0 Å². The van der Waals surface area contributed by atoms with Crippen LogP contribution in [0.2, 0.25) is 0 Å². The van der Waals surface area contributed by atoms with E-state index in [9.17, 15) is 9.59 Å². The van der Waals surface area contributed by atoms with E-state index >= 15 is 0 Å². The van der Waals surface area contributed by atoms with Gasteiger partial charge in [-0.05, 0) is 29.8 Å². The maximum atomic E-state index is 12.4. The summed E-state index contributed by atoms with van der Waals surface area (Å²) in [4.78, 5) is 31.5. The van der Waals surface area contributed by atoms with Crippen molar-refractivity contribution in [1.82, 2.24) is 19.0 Å². The second-order valence-electron chi connectivity index (χ2n) is 7.26. The van der Waals surface area contributed by atoms with Crippen molar-refractivity contribution in [3.05, 3.63) is 68.5 Å². The summed E-state index contributed by atoms with van der Waals surface area (Å²) < 4.78 is 13.7. The van der Waals surface area contributed by atoms with E-state index < -0.39 is 5.69 Å². The van der Waals surface area contributed by atoms with Crippen molar-refractivity contribution in [1.29, 1.82) is 0 Å². The van der Waals surface area contributed by atoms with Gasteiger partial charge in [0.05, 0.1) is 24.8 Å². The first-order chi connectivity index (χ1) is 14.0. The molecule has 0 amide bonds. The molecule has 0 radical (unpaired) electrons. The van der Waals surface area contributed by atoms with Crippen molar-refractivity contribution < 1.29 is 9.47 Å². The summed E-state index contributed by atoms with van der Waals surface area (Å²) in [5.74, 6) is 0.839. The number of nitrogens with zero attached hydrogens (tertiary/aromatic N) is 4. The van der Waals surface area contributed by atoms with Crippen LogP contribution < -0.4 is 16.0 Å². The minimum absolute atomic E-state index is 0.217. The van der Waals surface area contributed by atoms with Crippen LogP contribution in [0.1, 0.15) is 17.4 Å². The highest BCUT2D eigenvalue weighted by atomic mass is 16.5. The number of fused-ring (bicyclic) bond motifs is 1. The molecule has 0 saturated carbocycles. The number of morpholine rings is 1. The van der Waals surface area contributed by atoms with Gasteiger partial charge in [-0.1, -0.05) is 12.1 Å². The average Bonchev–Trinajstić information content (AvgIpc) is 2.76. The SMILES string of the molecule is COc1ccc(CN2CCO[C@@H](c3ccc4c(=O)n(C)c(=O)n(C)c4n3)C2)cc1. The Kier molecular flexibility index (Phi) is 5.21. The molecular formula is C21H24N4O4. The number of hydrogen-bond donors (Lipinski definition) is 0. The zero-order chi connectivity index (χ0) is 20.5. The van der Waals surface area contributed by atoms with Gasteiger partial charge in [-0.3, -0.25) is 18.8 Å². The highest BCUT2D eigenvalue weighted by Gasteiger charge is 2.24. The molecule has 1 aliphatic heterocycles. The summed E-state index contributed by atoms with van der Waals surface area (Å²) in [5.41, 5.74) is 1.57. The van der Waals surface area contributed by atoms with E-state index in [0.29, 0.717) is 24.2 Å². The maximum absolute atomic E-state index is 12.4. The molecule has 1 atom stereocenters. The van der Waals surface area contributed by atoms with Crippen LogP contribution in [0.4, 0.5) is 0 Å². The molecule has 1 saturated heterocycles. The standard InChI is InChI=1S/C21H24N4O4/c1-23-19-16(20(26)24(2)21(23)27)8-9-17(22-19)18-13-25(10-11-29-18)12-14-4-6-15(28-3)7-5-14/h4-9,18H,10-13H2,1-3H3/t18-/m1/s1. The monoisotopic (exact) mass is 396 g/mol. The van der Waals surface area contributed by atoms with Crippen LogP contribution in [0.25, 0.3) is 11.0 Å². The Morgan fingerprint density at radius 1 is 1.10 bits per heavy atom. The molecule has 3 heterocycles. The van der Waals surface area contributed by atoms with Crippen molar-refractivity contribution in [2.75, 3.05) is 26.8 Å². The van der Waals surface area contributed by atoms with Gasteiger partial charge in [0.2, 0.25) is 0 Å². The van der Waals surface area contributed by atoms with E-state index in [1.165, 1.54) is 17.2 Å². The second-order valence-corrected chi connectivity index (χ2v) is 7.26. The zero-order valence-corrected chi connectivity index (χ0v) is 16.8. The van der Waals surface area contributed by atoms with Gasteiger partial charge in [-0.15, -0.1) is 0 Å². The first-order valence-corrected chi connectivity index (χ1v) is 9.51. The van der Waals surface area contributed by atoms with Crippen LogP contribution in [0, 0.1) is 0 Å². The Hall–Kier alpha value is -2.97. The number of pyridine rings is 1. The fourth-order valence-electron chi connectivity index (χ4n) is 3.66. The second kappa shape index (κ2) is 7.81. The predicted molar refractivity (Wildman–Crippen MR) is 109 cm³/mol. The third-order valence-electron chi connectivity index (χ3n) is 5.37. The average molecular weight is 396 g/mol. The lowest BCUT2D eigenvalue weighted by atomic mass is 10.1. The predicted octanol–water partition coefficient (Wildman–Crippen LogP) is 1.21. The lowest BCUT2D eigenvalue weighted by molar-refractivity contribution is -0.0348. The van der Waals surface area contributed by atoms with Gasteiger partial charge in [-0.25, -0.2) is 9.78 Å². The van der Waals surface area contributed by atoms with Crippen molar-refractivity contribution in [3.63, 3.8) is 0 Å². The number of ether oxygens (including phenoxy) is 2. The van der Waals surface area contributed by atoms with Crippen LogP contribution >= 0.6 is 0 Å². The number of hydrogen-bond acceptors (Lipinski definition) is 6. The Morgan fingerprint density at radius 2 is 1.86 bits per heavy atom. The third-order valence-corrected chi connectivity index (χ3v) is 5.37. The molecule has 152 valence electrons.